The number of benzene rings is 17. The molecule has 528 valence electrons. The van der Waals surface area contributed by atoms with E-state index >= 15 is 0 Å². The van der Waals surface area contributed by atoms with Crippen molar-refractivity contribution in [2.24, 2.45) is 0 Å². The molecule has 4 heterocycles. The third-order valence-electron chi connectivity index (χ3n) is 22.1. The fourth-order valence-electron chi connectivity index (χ4n) is 16.7. The molecule has 0 amide bonds. The van der Waals surface area contributed by atoms with Gasteiger partial charge in [0.15, 0.2) is 0 Å². The second kappa shape index (κ2) is 28.3. The zero-order valence-corrected chi connectivity index (χ0v) is 61.1. The summed E-state index contributed by atoms with van der Waals surface area (Å²) in [6.45, 7) is 0. The van der Waals surface area contributed by atoms with E-state index in [1.54, 1.807) is 0 Å². The van der Waals surface area contributed by atoms with Gasteiger partial charge in [-0.3, -0.25) is 18.7 Å². The lowest BCUT2D eigenvalue weighted by Gasteiger charge is -2.34. The molecule has 0 saturated heterocycles. The lowest BCUT2D eigenvalue weighted by atomic mass is 9.90. The molecular weight excluding hydrogens is 1360 g/mol. The van der Waals surface area contributed by atoms with E-state index < -0.39 is 0 Å². The summed E-state index contributed by atoms with van der Waals surface area (Å²) in [5.74, 6) is 0. The Morgan fingerprint density at radius 2 is 0.473 bits per heavy atom. The van der Waals surface area contributed by atoms with Crippen molar-refractivity contribution in [1.82, 2.24) is 13.7 Å². The highest BCUT2D eigenvalue weighted by Crippen LogP contribution is 2.48. The van der Waals surface area contributed by atoms with Gasteiger partial charge in [0.2, 0.25) is 0 Å². The number of aromatic nitrogens is 3. The standard InChI is InChI=1S/C56H37N3O.C49H34N2O/c60-56-49-20-8-7-17-46(49)47-18-9-12-22-54(47)59(56)45-28-23-37(24-29-45)38-25-30-51-41(33-38)35-42-34-39(26-31-52(42)57(51)43-13-3-1-4-14-43)40-27-32-55-50(36-40)48-19-10-11-21-53(48)58(55)44-15-5-2-6-16-44;52-49-46-19-11-10-18-45(46)47-34-40(26-33-48(47)51(49)41-16-8-3-9-17-41)39-24-31-44(32-25-39)50(42-27-20-37(21-28-42)35-12-4-1-5-13-35)43-29-22-38(23-30-43)36-14-6-2-7-15-36/h1-34,36H,35H2;1-34H. The molecule has 112 heavy (non-hydrogen) atoms. The van der Waals surface area contributed by atoms with E-state index in [4.69, 9.17) is 0 Å². The van der Waals surface area contributed by atoms with Crippen molar-refractivity contribution in [1.29, 1.82) is 0 Å². The van der Waals surface area contributed by atoms with Gasteiger partial charge in [0.05, 0.1) is 22.1 Å². The van der Waals surface area contributed by atoms with E-state index in [0.29, 0.717) is 5.39 Å². The Morgan fingerprint density at radius 3 is 0.946 bits per heavy atom. The Labute approximate surface area is 648 Å². The normalized spacial score (nSPS) is 11.8. The van der Waals surface area contributed by atoms with Crippen molar-refractivity contribution < 1.29 is 0 Å². The summed E-state index contributed by atoms with van der Waals surface area (Å²) in [6, 6.07) is 147. The van der Waals surface area contributed by atoms with Crippen LogP contribution in [-0.2, 0) is 6.42 Å². The van der Waals surface area contributed by atoms with Crippen molar-refractivity contribution in [2.75, 3.05) is 9.80 Å². The maximum atomic E-state index is 13.9. The number of nitrogens with zero attached hydrogens (tertiary/aromatic N) is 5. The number of para-hydroxylation sites is 5. The maximum Gasteiger partial charge on any atom is 0.263 e. The first-order valence-corrected chi connectivity index (χ1v) is 38.1. The van der Waals surface area contributed by atoms with Gasteiger partial charge < -0.3 is 14.4 Å². The minimum atomic E-state index is -0.0138. The van der Waals surface area contributed by atoms with Gasteiger partial charge in [-0.25, -0.2) is 0 Å². The Kier molecular flexibility index (Phi) is 16.8. The second-order valence-corrected chi connectivity index (χ2v) is 28.7. The molecule has 0 fully saturated rings. The summed E-state index contributed by atoms with van der Waals surface area (Å²) in [4.78, 5) is 32.4. The van der Waals surface area contributed by atoms with Crippen LogP contribution in [0.5, 0.6) is 0 Å². The van der Waals surface area contributed by atoms with Gasteiger partial charge in [0.25, 0.3) is 11.1 Å². The molecule has 0 saturated carbocycles. The molecule has 1 aliphatic rings. The van der Waals surface area contributed by atoms with Crippen molar-refractivity contribution >= 4 is 99.3 Å². The first-order chi connectivity index (χ1) is 55.4. The van der Waals surface area contributed by atoms with Crippen molar-refractivity contribution in [3.63, 3.8) is 0 Å². The number of anilines is 6. The molecule has 0 spiro atoms. The van der Waals surface area contributed by atoms with Gasteiger partial charge >= 0.3 is 0 Å². The van der Waals surface area contributed by atoms with Gasteiger partial charge in [-0.05, 0) is 235 Å². The molecule has 7 nitrogen and oxygen atoms in total. The van der Waals surface area contributed by atoms with Gasteiger partial charge in [-0.15, -0.1) is 0 Å². The van der Waals surface area contributed by atoms with Crippen LogP contribution in [-0.4, -0.2) is 13.7 Å². The Balaban J connectivity index is 0.000000148. The smallest absolute Gasteiger partial charge is 0.263 e. The molecule has 0 N–H and O–H groups in total. The molecule has 21 rings (SSSR count). The van der Waals surface area contributed by atoms with Gasteiger partial charge in [0.1, 0.15) is 0 Å². The lowest BCUT2D eigenvalue weighted by molar-refractivity contribution is 1.06. The molecule has 0 aliphatic carbocycles. The monoisotopic (exact) mass is 1430 g/mol. The largest absolute Gasteiger partial charge is 0.311 e. The van der Waals surface area contributed by atoms with E-state index in [-0.39, 0.29) is 11.1 Å². The molecule has 0 bridgehead atoms. The molecule has 3 aromatic heterocycles. The Morgan fingerprint density at radius 1 is 0.196 bits per heavy atom. The third kappa shape index (κ3) is 12.0. The summed E-state index contributed by atoms with van der Waals surface area (Å²) < 4.78 is 6.04. The topological polar surface area (TPSA) is 55.4 Å². The molecular formula is C105H71N5O2. The number of hydrogen-bond acceptors (Lipinski definition) is 4. The van der Waals surface area contributed by atoms with Crippen LogP contribution in [0.1, 0.15) is 11.1 Å². The summed E-state index contributed by atoms with van der Waals surface area (Å²) in [6.07, 6.45) is 0.807. The van der Waals surface area contributed by atoms with Crippen molar-refractivity contribution in [3.8, 4) is 72.7 Å². The quantitative estimate of drug-likeness (QED) is 0.114. The highest BCUT2D eigenvalue weighted by atomic mass is 16.1. The fourth-order valence-corrected chi connectivity index (χ4v) is 16.7. The zero-order chi connectivity index (χ0) is 74.6. The number of pyridine rings is 2. The molecule has 1 aliphatic heterocycles. The van der Waals surface area contributed by atoms with Crippen LogP contribution >= 0.6 is 0 Å². The Hall–Kier alpha value is -14.9. The lowest BCUT2D eigenvalue weighted by Crippen LogP contribution is -2.19. The van der Waals surface area contributed by atoms with Gasteiger partial charge in [-0.1, -0.05) is 261 Å². The van der Waals surface area contributed by atoms with Gasteiger partial charge in [-0.2, -0.15) is 0 Å². The summed E-state index contributed by atoms with van der Waals surface area (Å²) in [7, 11) is 0. The molecule has 0 radical (unpaired) electrons. The Bertz CT molecular complexity index is 7000. The predicted molar refractivity (Wildman–Crippen MR) is 468 cm³/mol. The van der Waals surface area contributed by atoms with E-state index in [9.17, 15) is 9.59 Å². The van der Waals surface area contributed by atoms with Crippen molar-refractivity contribution in [2.45, 2.75) is 6.42 Å². The van der Waals surface area contributed by atoms with Crippen LogP contribution in [0, 0.1) is 0 Å². The van der Waals surface area contributed by atoms with Crippen LogP contribution in [0.15, 0.2) is 428 Å². The van der Waals surface area contributed by atoms with Gasteiger partial charge in [0, 0.05) is 89.9 Å². The van der Waals surface area contributed by atoms with E-state index in [2.05, 4.69) is 324 Å². The highest BCUT2D eigenvalue weighted by Gasteiger charge is 2.27. The average Bonchev–Trinajstić information content (AvgIpc) is 1.11. The minimum Gasteiger partial charge on any atom is -0.311 e. The van der Waals surface area contributed by atoms with Crippen molar-refractivity contribution in [3.05, 3.63) is 450 Å². The van der Waals surface area contributed by atoms with Crippen LogP contribution in [0.4, 0.5) is 34.1 Å². The minimum absolute atomic E-state index is 0.0104. The predicted octanol–water partition coefficient (Wildman–Crippen LogP) is 26.6. The fraction of sp³-hybridized carbons (Fsp3) is 0.00952. The average molecular weight is 1430 g/mol. The van der Waals surface area contributed by atoms with Crippen LogP contribution in [0.25, 0.3) is 138 Å². The van der Waals surface area contributed by atoms with Crippen LogP contribution in [0.2, 0.25) is 0 Å². The zero-order valence-electron chi connectivity index (χ0n) is 61.1. The molecule has 17 aromatic carbocycles. The summed E-state index contributed by atoms with van der Waals surface area (Å²) in [5, 5.41) is 7.96. The summed E-state index contributed by atoms with van der Waals surface area (Å²) in [5.41, 5.74) is 27.9. The molecule has 0 atom stereocenters. The van der Waals surface area contributed by atoms with E-state index in [1.165, 1.54) is 77.7 Å². The number of hydrogen-bond donors (Lipinski definition) is 0. The first kappa shape index (κ1) is 66.5. The van der Waals surface area contributed by atoms with Crippen LogP contribution < -0.4 is 20.9 Å². The second-order valence-electron chi connectivity index (χ2n) is 28.7. The molecule has 7 heteroatoms. The molecule has 0 unspecified atom stereocenters. The van der Waals surface area contributed by atoms with Crippen LogP contribution in [0.3, 0.4) is 0 Å². The summed E-state index contributed by atoms with van der Waals surface area (Å²) >= 11 is 0. The maximum absolute atomic E-state index is 13.9. The van der Waals surface area contributed by atoms with E-state index in [1.807, 2.05) is 118 Å². The third-order valence-corrected chi connectivity index (χ3v) is 22.1. The SMILES string of the molecule is O=c1c2ccccc2c2cc(-c3ccc(N(c4ccc(-c5ccccc5)cc4)c4ccc(-c5ccccc5)cc4)cc3)ccc2n1-c1ccccc1.O=c1c2ccccc2c2ccccc2n1-c1ccc(-c2ccc3c(c2)Cc2cc(-c4ccc5c(c4)c4ccccc4n5-c4ccccc4)ccc2N3c2ccccc2)cc1. The number of fused-ring (bicyclic) bond motifs is 11. The first-order valence-electron chi connectivity index (χ1n) is 38.1. The molecule has 20 aromatic rings. The van der Waals surface area contributed by atoms with E-state index in [0.717, 1.165) is 106 Å². The number of rotatable bonds is 12. The highest BCUT2D eigenvalue weighted by molar-refractivity contribution is 6.11.